The molecule has 0 atom stereocenters. The summed E-state index contributed by atoms with van der Waals surface area (Å²) in [7, 11) is 0. The Bertz CT molecular complexity index is 1060. The third kappa shape index (κ3) is 15.6. The molecule has 184 valence electrons. The second-order valence-corrected chi connectivity index (χ2v) is 6.10. The monoisotopic (exact) mass is 522 g/mol. The fourth-order valence-corrected chi connectivity index (χ4v) is 1.98. The first-order chi connectivity index (χ1) is 15.1. The molecule has 2 heterocycles. The Morgan fingerprint density at radius 3 is 1.79 bits per heavy atom. The number of nitro groups is 1. The molecular formula is C12H13F3N6O10S2. The van der Waals surface area contributed by atoms with E-state index in [4.69, 9.17) is 30.3 Å². The van der Waals surface area contributed by atoms with Gasteiger partial charge in [0.1, 0.15) is 0 Å². The maximum atomic E-state index is 11.0. The number of H-pyrrole nitrogens is 2. The van der Waals surface area contributed by atoms with Crippen LogP contribution in [0.2, 0.25) is 0 Å². The van der Waals surface area contributed by atoms with Crippen LogP contribution in [0.25, 0.3) is 0 Å². The number of aromatic amines is 2. The number of halogens is 3. The molecule has 21 heteroatoms. The van der Waals surface area contributed by atoms with E-state index in [-0.39, 0.29) is 16.6 Å². The number of aldehydes is 1. The number of rotatable bonds is 3. The van der Waals surface area contributed by atoms with E-state index < -0.39 is 39.6 Å². The predicted molar refractivity (Wildman–Crippen MR) is 104 cm³/mol. The predicted octanol–water partition coefficient (Wildman–Crippen LogP) is 0.703. The van der Waals surface area contributed by atoms with Crippen LogP contribution in [-0.4, -0.2) is 70.3 Å². The van der Waals surface area contributed by atoms with Crippen molar-refractivity contribution >= 4 is 35.5 Å². The average Bonchev–Trinajstić information content (AvgIpc) is 2.66. The molecule has 2 aromatic heterocycles. The first kappa shape index (κ1) is 31.3. The van der Waals surface area contributed by atoms with Crippen LogP contribution in [0, 0.1) is 20.2 Å². The molecule has 0 bridgehead atoms. The highest BCUT2D eigenvalue weighted by Crippen LogP contribution is 2.19. The topological polar surface area (TPSA) is 256 Å². The fourth-order valence-electron chi connectivity index (χ4n) is 1.22. The van der Waals surface area contributed by atoms with Gasteiger partial charge in [0.15, 0.2) is 10.3 Å². The lowest BCUT2D eigenvalue weighted by molar-refractivity contribution is -0.742. The maximum absolute atomic E-state index is 11.0. The lowest BCUT2D eigenvalue weighted by Crippen LogP contribution is -2.13. The zero-order valence-corrected chi connectivity index (χ0v) is 17.7. The average molecular weight is 522 g/mol. The fraction of sp³-hybridized carbons (Fsp3) is 0.250. The summed E-state index contributed by atoms with van der Waals surface area (Å²) in [6, 6.07) is 1.03. The third-order valence-electron chi connectivity index (χ3n) is 2.26. The van der Waals surface area contributed by atoms with Crippen LogP contribution < -0.4 is 11.1 Å². The number of aromatic nitrogens is 4. The molecule has 0 fully saturated rings. The Morgan fingerprint density at radius 1 is 1.06 bits per heavy atom. The van der Waals surface area contributed by atoms with E-state index in [1.54, 1.807) is 12.5 Å². The van der Waals surface area contributed by atoms with Gasteiger partial charge < -0.3 is 20.4 Å². The van der Waals surface area contributed by atoms with Gasteiger partial charge in [-0.15, -0.1) is 10.1 Å². The van der Waals surface area contributed by atoms with Crippen molar-refractivity contribution in [2.45, 2.75) is 16.5 Å². The molecule has 2 aromatic rings. The second kappa shape index (κ2) is 15.0. The van der Waals surface area contributed by atoms with Crippen molar-refractivity contribution in [3.8, 4) is 11.8 Å². The first-order valence-electron chi connectivity index (χ1n) is 7.30. The molecule has 16 nitrogen and oxygen atoms in total. The molecule has 5 N–H and O–H groups in total. The summed E-state index contributed by atoms with van der Waals surface area (Å²) in [5.41, 5.74) is -2.23. The zero-order valence-electron chi connectivity index (χ0n) is 16.1. The number of nitrogens with one attached hydrogen (secondary N) is 2. The number of hydrogen-bond acceptors (Lipinski definition) is 13. The highest BCUT2D eigenvalue weighted by Gasteiger charge is 2.25. The largest absolute Gasteiger partial charge is 0.493 e. The van der Waals surface area contributed by atoms with Crippen LogP contribution in [0.3, 0.4) is 0 Å². The summed E-state index contributed by atoms with van der Waals surface area (Å²) in [6.07, 6.45) is -2.33. The highest BCUT2D eigenvalue weighted by molar-refractivity contribution is 7.98. The van der Waals surface area contributed by atoms with Gasteiger partial charge in [-0.3, -0.25) is 29.5 Å². The van der Waals surface area contributed by atoms with Crippen molar-refractivity contribution < 1.29 is 43.4 Å². The molecule has 2 rings (SSSR count). The van der Waals surface area contributed by atoms with Crippen LogP contribution in [0.1, 0.15) is 0 Å². The van der Waals surface area contributed by atoms with Crippen molar-refractivity contribution in [2.75, 3.05) is 12.5 Å². The molecule has 0 aliphatic carbocycles. The van der Waals surface area contributed by atoms with Gasteiger partial charge in [0, 0.05) is 0 Å². The molecule has 33 heavy (non-hydrogen) atoms. The molecule has 0 unspecified atom stereocenters. The van der Waals surface area contributed by atoms with Crippen LogP contribution in [0.5, 0.6) is 11.8 Å². The lowest BCUT2D eigenvalue weighted by Gasteiger charge is -1.96. The minimum Gasteiger partial charge on any atom is -0.493 e. The standard InChI is InChI=1S/C5H5N3O4S.C5H6N2O2S.C2HF3O.HNO3/c1-13-5-6-3(9)2(8(11)12)4(10)7-5;1-10-5-6-3(8)2-4(9)7-5;3-2(4,5)1-6;2-1(3)4/h1H3,(H2,6,7,9,10);2H,1H3,(H2,6,7,8,9);1H;(H,2,3,4). The minimum absolute atomic E-state index is 0.133. The normalized spacial score (nSPS) is 9.61. The number of nitrogens with zero attached hydrogens (tertiary/aromatic N) is 4. The Hall–Kier alpha value is -3.88. The summed E-state index contributed by atoms with van der Waals surface area (Å²) in [5, 5.41) is 42.2. The van der Waals surface area contributed by atoms with Crippen molar-refractivity contribution in [1.29, 1.82) is 0 Å². The Labute approximate surface area is 187 Å². The Morgan fingerprint density at radius 2 is 1.48 bits per heavy atom. The second-order valence-electron chi connectivity index (χ2n) is 4.51. The number of thioether (sulfide) groups is 2. The number of alkyl halides is 3. The highest BCUT2D eigenvalue weighted by atomic mass is 32.2. The van der Waals surface area contributed by atoms with Gasteiger partial charge in [0.05, 0.1) is 11.0 Å². The molecule has 0 amide bonds. The van der Waals surface area contributed by atoms with Gasteiger partial charge in [0.2, 0.25) is 12.2 Å². The Balaban J connectivity index is 0. The van der Waals surface area contributed by atoms with Crippen LogP contribution in [-0.2, 0) is 4.79 Å². The summed E-state index contributed by atoms with van der Waals surface area (Å²) < 4.78 is 31.2. The molecule has 0 radical (unpaired) electrons. The van der Waals surface area contributed by atoms with Crippen molar-refractivity contribution in [3.05, 3.63) is 47.0 Å². The quantitative estimate of drug-likeness (QED) is 0.122. The van der Waals surface area contributed by atoms with Crippen LogP contribution >= 0.6 is 23.5 Å². The third-order valence-corrected chi connectivity index (χ3v) is 3.42. The summed E-state index contributed by atoms with van der Waals surface area (Å²) in [6.45, 7) is 0. The van der Waals surface area contributed by atoms with Gasteiger partial charge in [0.25, 0.3) is 16.5 Å². The molecule has 0 spiro atoms. The molecule has 0 saturated carbocycles. The van der Waals surface area contributed by atoms with E-state index in [2.05, 4.69) is 19.9 Å². The molecule has 0 saturated heterocycles. The smallest absolute Gasteiger partial charge is 0.446 e. The summed E-state index contributed by atoms with van der Waals surface area (Å²) in [5.74, 6) is -1.11. The summed E-state index contributed by atoms with van der Waals surface area (Å²) >= 11 is 2.34. The first-order valence-corrected chi connectivity index (χ1v) is 9.75. The molecule has 0 aromatic carbocycles. The van der Waals surface area contributed by atoms with E-state index in [9.17, 15) is 32.9 Å². The van der Waals surface area contributed by atoms with Crippen LogP contribution in [0.4, 0.5) is 18.9 Å². The van der Waals surface area contributed by atoms with E-state index in [1.807, 2.05) is 0 Å². The van der Waals surface area contributed by atoms with E-state index >= 15 is 0 Å². The molecular weight excluding hydrogens is 509 g/mol. The van der Waals surface area contributed by atoms with Crippen LogP contribution in [0.15, 0.2) is 26.0 Å². The van der Waals surface area contributed by atoms with Gasteiger partial charge in [-0.2, -0.15) is 23.1 Å². The van der Waals surface area contributed by atoms with Crippen molar-refractivity contribution in [1.82, 2.24) is 19.9 Å². The Kier molecular flexibility index (Phi) is 14.2. The number of carbonyl (C=O) groups excluding carboxylic acids is 1. The number of aromatic hydroxyl groups is 2. The number of hydrogen-bond donors (Lipinski definition) is 5. The lowest BCUT2D eigenvalue weighted by atomic mass is 10.5. The SMILES string of the molecule is CSc1nc(O)c([N+](=O)[O-])c(=O)[nH]1.CSc1nc(O)cc(=O)[nH]1.O=CC(F)(F)F.O=[N+]([O-])O. The minimum atomic E-state index is -4.64. The van der Waals surface area contributed by atoms with E-state index in [1.165, 1.54) is 11.8 Å². The number of carbonyl (C=O) groups is 1. The van der Waals surface area contributed by atoms with E-state index in [0.29, 0.717) is 5.16 Å². The van der Waals surface area contributed by atoms with Gasteiger partial charge in [-0.25, -0.2) is 0 Å². The summed E-state index contributed by atoms with van der Waals surface area (Å²) in [4.78, 5) is 59.4. The maximum Gasteiger partial charge on any atom is 0.446 e. The van der Waals surface area contributed by atoms with Gasteiger partial charge >= 0.3 is 17.4 Å². The van der Waals surface area contributed by atoms with Crippen molar-refractivity contribution in [2.24, 2.45) is 0 Å². The van der Waals surface area contributed by atoms with Gasteiger partial charge in [-0.1, -0.05) is 23.5 Å². The molecule has 0 aliphatic rings. The molecule has 0 aliphatic heterocycles. The van der Waals surface area contributed by atoms with Gasteiger partial charge in [-0.05, 0) is 12.5 Å². The van der Waals surface area contributed by atoms with E-state index in [0.717, 1.165) is 17.8 Å². The van der Waals surface area contributed by atoms with Crippen molar-refractivity contribution in [3.63, 3.8) is 0 Å². The zero-order chi connectivity index (χ0) is 26.4.